The zero-order valence-corrected chi connectivity index (χ0v) is 14.4. The summed E-state index contributed by atoms with van der Waals surface area (Å²) in [7, 11) is 0. The highest BCUT2D eigenvalue weighted by Crippen LogP contribution is 2.17. The van der Waals surface area contributed by atoms with Crippen LogP contribution < -0.4 is 5.32 Å². The number of carbonyl (C=O) groups excluding carboxylic acids is 1. The van der Waals surface area contributed by atoms with Gasteiger partial charge in [-0.15, -0.1) is 0 Å². The lowest BCUT2D eigenvalue weighted by atomic mass is 10.1. The van der Waals surface area contributed by atoms with Gasteiger partial charge in [-0.2, -0.15) is 0 Å². The number of hydrogen-bond donors (Lipinski definition) is 1. The molecule has 118 valence electrons. The van der Waals surface area contributed by atoms with E-state index in [4.69, 9.17) is 9.15 Å². The first-order chi connectivity index (χ1) is 9.83. The fourth-order valence-electron chi connectivity index (χ4n) is 2.28. The zero-order valence-electron chi connectivity index (χ0n) is 12.8. The largest absolute Gasteiger partial charge is 0.453 e. The van der Waals surface area contributed by atoms with Gasteiger partial charge in [-0.05, 0) is 61.7 Å². The second-order valence-electron chi connectivity index (χ2n) is 6.33. The van der Waals surface area contributed by atoms with Crippen LogP contribution in [0.1, 0.15) is 39.4 Å². The van der Waals surface area contributed by atoms with Gasteiger partial charge < -0.3 is 19.4 Å². The molecule has 2 rings (SSSR count). The molecule has 0 radical (unpaired) electrons. The molecule has 1 amide bonds. The molecule has 0 atom stereocenters. The molecule has 1 aliphatic rings. The van der Waals surface area contributed by atoms with Crippen LogP contribution in [-0.2, 0) is 11.3 Å². The predicted molar refractivity (Wildman–Crippen MR) is 84.1 cm³/mol. The summed E-state index contributed by atoms with van der Waals surface area (Å²) >= 11 is 3.29. The van der Waals surface area contributed by atoms with Gasteiger partial charge >= 0.3 is 6.09 Å². The molecule has 1 aromatic heterocycles. The Morgan fingerprint density at radius 1 is 1.43 bits per heavy atom. The predicted octanol–water partition coefficient (Wildman–Crippen LogP) is 3.53. The van der Waals surface area contributed by atoms with Crippen molar-refractivity contribution in [2.45, 2.75) is 51.8 Å². The Morgan fingerprint density at radius 2 is 2.10 bits per heavy atom. The molecular formula is C15H23BrN2O3. The molecule has 1 N–H and O–H groups in total. The van der Waals surface area contributed by atoms with E-state index in [1.807, 2.05) is 32.9 Å². The van der Waals surface area contributed by atoms with E-state index in [9.17, 15) is 4.79 Å². The summed E-state index contributed by atoms with van der Waals surface area (Å²) in [4.78, 5) is 13.8. The first-order valence-corrected chi connectivity index (χ1v) is 8.08. The Balaban J connectivity index is 1.72. The van der Waals surface area contributed by atoms with Crippen molar-refractivity contribution >= 4 is 22.0 Å². The molecule has 1 aromatic rings. The van der Waals surface area contributed by atoms with Crippen molar-refractivity contribution in [1.29, 1.82) is 0 Å². The highest BCUT2D eigenvalue weighted by atomic mass is 79.9. The number of rotatable bonds is 3. The van der Waals surface area contributed by atoms with Gasteiger partial charge in [0.15, 0.2) is 4.67 Å². The van der Waals surface area contributed by atoms with Crippen LogP contribution in [0.25, 0.3) is 0 Å². The third kappa shape index (κ3) is 5.36. The molecule has 0 unspecified atom stereocenters. The number of likely N-dealkylation sites (tertiary alicyclic amines) is 1. The fraction of sp³-hybridized carbons (Fsp3) is 0.667. The van der Waals surface area contributed by atoms with E-state index in [0.29, 0.717) is 12.6 Å². The number of carbonyl (C=O) groups is 1. The first-order valence-electron chi connectivity index (χ1n) is 7.29. The van der Waals surface area contributed by atoms with Gasteiger partial charge in [0.25, 0.3) is 0 Å². The van der Waals surface area contributed by atoms with E-state index in [2.05, 4.69) is 21.2 Å². The van der Waals surface area contributed by atoms with Crippen LogP contribution in [0.3, 0.4) is 0 Å². The molecule has 1 fully saturated rings. The second kappa shape index (κ2) is 6.83. The standard InChI is InChI=1S/C15H23BrN2O3/c1-15(2,3)21-14(19)18-8-6-11(7-9-18)17-10-12-4-5-13(16)20-12/h4-5,11,17H,6-10H2,1-3H3. The number of nitrogens with zero attached hydrogens (tertiary/aromatic N) is 1. The number of ether oxygens (including phenoxy) is 1. The lowest BCUT2D eigenvalue weighted by molar-refractivity contribution is 0.0197. The van der Waals surface area contributed by atoms with Crippen LogP contribution in [0.4, 0.5) is 4.79 Å². The summed E-state index contributed by atoms with van der Waals surface area (Å²) in [6.07, 6.45) is 1.65. The van der Waals surface area contributed by atoms with E-state index in [-0.39, 0.29) is 6.09 Å². The summed E-state index contributed by atoms with van der Waals surface area (Å²) in [6, 6.07) is 4.25. The number of furan rings is 1. The summed E-state index contributed by atoms with van der Waals surface area (Å²) in [5.74, 6) is 0.913. The SMILES string of the molecule is CC(C)(C)OC(=O)N1CCC(NCc2ccc(Br)o2)CC1. The smallest absolute Gasteiger partial charge is 0.410 e. The molecule has 0 aliphatic carbocycles. The van der Waals surface area contributed by atoms with Crippen molar-refractivity contribution < 1.29 is 13.9 Å². The monoisotopic (exact) mass is 358 g/mol. The van der Waals surface area contributed by atoms with Crippen molar-refractivity contribution in [1.82, 2.24) is 10.2 Å². The number of amides is 1. The Hall–Kier alpha value is -1.01. The Labute approximate surface area is 134 Å². The van der Waals surface area contributed by atoms with E-state index in [1.165, 1.54) is 0 Å². The van der Waals surface area contributed by atoms with Gasteiger partial charge in [0.1, 0.15) is 11.4 Å². The van der Waals surface area contributed by atoms with E-state index in [1.54, 1.807) is 4.90 Å². The van der Waals surface area contributed by atoms with Crippen LogP contribution in [-0.4, -0.2) is 35.7 Å². The molecule has 2 heterocycles. The van der Waals surface area contributed by atoms with Gasteiger partial charge in [0, 0.05) is 19.1 Å². The second-order valence-corrected chi connectivity index (χ2v) is 7.11. The maximum Gasteiger partial charge on any atom is 0.410 e. The van der Waals surface area contributed by atoms with Gasteiger partial charge in [0.2, 0.25) is 0 Å². The van der Waals surface area contributed by atoms with Crippen molar-refractivity contribution in [2.75, 3.05) is 13.1 Å². The van der Waals surface area contributed by atoms with Gasteiger partial charge in [-0.25, -0.2) is 4.79 Å². The first kappa shape index (κ1) is 16.4. The van der Waals surface area contributed by atoms with Crippen molar-refractivity contribution in [3.63, 3.8) is 0 Å². The molecule has 6 heteroatoms. The Kier molecular flexibility index (Phi) is 5.32. The third-order valence-corrected chi connectivity index (χ3v) is 3.77. The van der Waals surface area contributed by atoms with Gasteiger partial charge in [-0.1, -0.05) is 0 Å². The van der Waals surface area contributed by atoms with E-state index in [0.717, 1.165) is 36.4 Å². The van der Waals surface area contributed by atoms with Crippen LogP contribution in [0.2, 0.25) is 0 Å². The zero-order chi connectivity index (χ0) is 15.5. The number of nitrogens with one attached hydrogen (secondary N) is 1. The highest BCUT2D eigenvalue weighted by molar-refractivity contribution is 9.10. The molecular weight excluding hydrogens is 336 g/mol. The lowest BCUT2D eigenvalue weighted by Gasteiger charge is -2.33. The molecule has 1 saturated heterocycles. The normalized spacial score (nSPS) is 17.0. The summed E-state index contributed by atoms with van der Waals surface area (Å²) in [5.41, 5.74) is -0.432. The van der Waals surface area contributed by atoms with Crippen molar-refractivity contribution in [2.24, 2.45) is 0 Å². The minimum Gasteiger partial charge on any atom is -0.453 e. The average molecular weight is 359 g/mol. The fourth-order valence-corrected chi connectivity index (χ4v) is 2.62. The van der Waals surface area contributed by atoms with Gasteiger partial charge in [0.05, 0.1) is 6.54 Å². The molecule has 0 saturated carbocycles. The van der Waals surface area contributed by atoms with Crippen molar-refractivity contribution in [3.05, 3.63) is 22.6 Å². The summed E-state index contributed by atoms with van der Waals surface area (Å²) in [5, 5.41) is 3.47. The Bertz CT molecular complexity index is 474. The summed E-state index contributed by atoms with van der Waals surface area (Å²) in [6.45, 7) is 7.84. The van der Waals surface area contributed by atoms with Crippen LogP contribution >= 0.6 is 15.9 Å². The van der Waals surface area contributed by atoms with Crippen LogP contribution in [0, 0.1) is 0 Å². The average Bonchev–Trinajstić information content (AvgIpc) is 2.81. The minimum atomic E-state index is -0.432. The maximum absolute atomic E-state index is 12.0. The highest BCUT2D eigenvalue weighted by Gasteiger charge is 2.26. The molecule has 5 nitrogen and oxygen atoms in total. The van der Waals surface area contributed by atoms with E-state index < -0.39 is 5.60 Å². The topological polar surface area (TPSA) is 54.7 Å². The number of halogens is 1. The van der Waals surface area contributed by atoms with Crippen LogP contribution in [0.15, 0.2) is 21.2 Å². The van der Waals surface area contributed by atoms with E-state index >= 15 is 0 Å². The molecule has 0 bridgehead atoms. The third-order valence-electron chi connectivity index (χ3n) is 3.34. The molecule has 21 heavy (non-hydrogen) atoms. The molecule has 0 aromatic carbocycles. The van der Waals surface area contributed by atoms with Crippen LogP contribution in [0.5, 0.6) is 0 Å². The molecule has 0 spiro atoms. The number of hydrogen-bond acceptors (Lipinski definition) is 4. The quantitative estimate of drug-likeness (QED) is 0.897. The summed E-state index contributed by atoms with van der Waals surface area (Å²) < 4.78 is 11.6. The Morgan fingerprint density at radius 3 is 2.62 bits per heavy atom. The maximum atomic E-state index is 12.0. The molecule has 1 aliphatic heterocycles. The minimum absolute atomic E-state index is 0.212. The van der Waals surface area contributed by atoms with Crippen molar-refractivity contribution in [3.8, 4) is 0 Å². The lowest BCUT2D eigenvalue weighted by Crippen LogP contribution is -2.46. The number of piperidine rings is 1. The van der Waals surface area contributed by atoms with Gasteiger partial charge in [-0.3, -0.25) is 0 Å².